The van der Waals surface area contributed by atoms with Crippen molar-refractivity contribution in [3.63, 3.8) is 0 Å². The molecular weight excluding hydrogens is 222 g/mol. The van der Waals surface area contributed by atoms with Crippen LogP contribution >= 0.6 is 0 Å². The monoisotopic (exact) mass is 247 g/mol. The van der Waals surface area contributed by atoms with Gasteiger partial charge in [0.25, 0.3) is 0 Å². The van der Waals surface area contributed by atoms with Crippen LogP contribution in [0.15, 0.2) is 18.2 Å². The molecule has 0 spiro atoms. The van der Waals surface area contributed by atoms with E-state index in [2.05, 4.69) is 49.6 Å². The zero-order valence-corrected chi connectivity index (χ0v) is 12.0. The summed E-state index contributed by atoms with van der Waals surface area (Å²) in [6.45, 7) is 13.4. The Balaban J connectivity index is 2.05. The number of anilines is 2. The summed E-state index contributed by atoms with van der Waals surface area (Å²) < 4.78 is 0. The number of rotatable bonds is 1. The van der Waals surface area contributed by atoms with E-state index in [1.807, 2.05) is 6.07 Å². The summed E-state index contributed by atoms with van der Waals surface area (Å²) in [6.07, 6.45) is 0. The highest BCUT2D eigenvalue weighted by atomic mass is 15.3. The van der Waals surface area contributed by atoms with Gasteiger partial charge in [-0.2, -0.15) is 0 Å². The topological polar surface area (TPSA) is 32.5 Å². The number of piperazine rings is 1. The number of nitrogens with zero attached hydrogens (tertiary/aromatic N) is 2. The van der Waals surface area contributed by atoms with Crippen LogP contribution in [0.3, 0.4) is 0 Å². The van der Waals surface area contributed by atoms with Crippen LogP contribution in [0.5, 0.6) is 0 Å². The fraction of sp³-hybridized carbons (Fsp3) is 0.600. The standard InChI is InChI=1S/C15H25N3/c1-12-9-13(16)11-14(10-12)17-5-7-18(8-6-17)15(2,3)4/h9-11H,5-8,16H2,1-4H3. The molecule has 1 aromatic rings. The highest BCUT2D eigenvalue weighted by molar-refractivity contribution is 5.58. The van der Waals surface area contributed by atoms with Gasteiger partial charge in [-0.15, -0.1) is 0 Å². The Morgan fingerprint density at radius 1 is 1.00 bits per heavy atom. The largest absolute Gasteiger partial charge is 0.399 e. The highest BCUT2D eigenvalue weighted by Crippen LogP contribution is 2.23. The fourth-order valence-electron chi connectivity index (χ4n) is 2.61. The Labute approximate surface area is 111 Å². The van der Waals surface area contributed by atoms with Gasteiger partial charge in [0.15, 0.2) is 0 Å². The molecule has 3 nitrogen and oxygen atoms in total. The van der Waals surface area contributed by atoms with E-state index in [1.165, 1.54) is 11.3 Å². The second-order valence-corrected chi connectivity index (χ2v) is 6.25. The third kappa shape index (κ3) is 2.96. The van der Waals surface area contributed by atoms with Crippen LogP contribution in [0, 0.1) is 6.92 Å². The van der Waals surface area contributed by atoms with Crippen LogP contribution in [0.25, 0.3) is 0 Å². The first-order valence-electron chi connectivity index (χ1n) is 6.73. The molecule has 2 rings (SSSR count). The number of hydrogen-bond acceptors (Lipinski definition) is 3. The van der Waals surface area contributed by atoms with E-state index in [4.69, 9.17) is 5.73 Å². The Hall–Kier alpha value is -1.22. The molecule has 1 saturated heterocycles. The smallest absolute Gasteiger partial charge is 0.0390 e. The lowest BCUT2D eigenvalue weighted by Crippen LogP contribution is -2.53. The summed E-state index contributed by atoms with van der Waals surface area (Å²) in [5.41, 5.74) is 9.57. The maximum Gasteiger partial charge on any atom is 0.0390 e. The number of hydrogen-bond donors (Lipinski definition) is 1. The van der Waals surface area contributed by atoms with Crippen molar-refractivity contribution in [3.8, 4) is 0 Å². The molecule has 0 atom stereocenters. The Morgan fingerprint density at radius 2 is 1.61 bits per heavy atom. The summed E-state index contributed by atoms with van der Waals surface area (Å²) in [7, 11) is 0. The number of nitrogens with two attached hydrogens (primary N) is 1. The number of aryl methyl sites for hydroxylation is 1. The zero-order chi connectivity index (χ0) is 13.3. The third-order valence-electron chi connectivity index (χ3n) is 3.68. The molecule has 0 unspecified atom stereocenters. The van der Waals surface area contributed by atoms with E-state index in [9.17, 15) is 0 Å². The molecule has 0 saturated carbocycles. The Kier molecular flexibility index (Phi) is 3.53. The van der Waals surface area contributed by atoms with Crippen molar-refractivity contribution in [3.05, 3.63) is 23.8 Å². The van der Waals surface area contributed by atoms with Gasteiger partial charge < -0.3 is 10.6 Å². The summed E-state index contributed by atoms with van der Waals surface area (Å²) in [4.78, 5) is 4.98. The van der Waals surface area contributed by atoms with E-state index in [0.29, 0.717) is 0 Å². The van der Waals surface area contributed by atoms with Crippen molar-refractivity contribution in [1.82, 2.24) is 4.90 Å². The average molecular weight is 247 g/mol. The molecule has 0 aliphatic carbocycles. The maximum atomic E-state index is 5.93. The van der Waals surface area contributed by atoms with Gasteiger partial charge >= 0.3 is 0 Å². The number of benzene rings is 1. The molecule has 1 fully saturated rings. The molecule has 3 heteroatoms. The van der Waals surface area contributed by atoms with Crippen LogP contribution in [0.2, 0.25) is 0 Å². The van der Waals surface area contributed by atoms with Gasteiger partial charge in [-0.1, -0.05) is 0 Å². The minimum atomic E-state index is 0.276. The Bertz CT molecular complexity index is 392. The van der Waals surface area contributed by atoms with Crippen LogP contribution in [-0.2, 0) is 0 Å². The molecule has 18 heavy (non-hydrogen) atoms. The van der Waals surface area contributed by atoms with E-state index >= 15 is 0 Å². The first-order chi connectivity index (χ1) is 8.36. The lowest BCUT2D eigenvalue weighted by atomic mass is 10.0. The molecular formula is C15H25N3. The van der Waals surface area contributed by atoms with Crippen molar-refractivity contribution in [2.75, 3.05) is 36.8 Å². The average Bonchev–Trinajstić information content (AvgIpc) is 2.27. The maximum absolute atomic E-state index is 5.93. The van der Waals surface area contributed by atoms with Gasteiger partial charge in [-0.25, -0.2) is 0 Å². The van der Waals surface area contributed by atoms with Gasteiger partial charge in [-0.05, 0) is 51.5 Å². The summed E-state index contributed by atoms with van der Waals surface area (Å²) in [6, 6.07) is 6.33. The molecule has 0 aromatic heterocycles. The Morgan fingerprint density at radius 3 is 2.11 bits per heavy atom. The normalized spacial score (nSPS) is 18.1. The molecule has 1 aliphatic heterocycles. The molecule has 1 aromatic carbocycles. The second kappa shape index (κ2) is 4.81. The van der Waals surface area contributed by atoms with Crippen molar-refractivity contribution in [2.45, 2.75) is 33.2 Å². The predicted molar refractivity (Wildman–Crippen MR) is 79.1 cm³/mol. The van der Waals surface area contributed by atoms with Gasteiger partial charge in [0, 0.05) is 43.1 Å². The second-order valence-electron chi connectivity index (χ2n) is 6.25. The molecule has 0 bridgehead atoms. The van der Waals surface area contributed by atoms with Crippen molar-refractivity contribution in [2.24, 2.45) is 0 Å². The molecule has 0 amide bonds. The minimum absolute atomic E-state index is 0.276. The van der Waals surface area contributed by atoms with Crippen LogP contribution in [0.1, 0.15) is 26.3 Å². The fourth-order valence-corrected chi connectivity index (χ4v) is 2.61. The predicted octanol–water partition coefficient (Wildman–Crippen LogP) is 2.50. The van der Waals surface area contributed by atoms with Gasteiger partial charge in [0.05, 0.1) is 0 Å². The van der Waals surface area contributed by atoms with Gasteiger partial charge in [0.2, 0.25) is 0 Å². The van der Waals surface area contributed by atoms with E-state index < -0.39 is 0 Å². The van der Waals surface area contributed by atoms with Crippen molar-refractivity contribution >= 4 is 11.4 Å². The van der Waals surface area contributed by atoms with Gasteiger partial charge in [0.1, 0.15) is 0 Å². The summed E-state index contributed by atoms with van der Waals surface area (Å²) in [5.74, 6) is 0. The highest BCUT2D eigenvalue weighted by Gasteiger charge is 2.25. The van der Waals surface area contributed by atoms with Crippen LogP contribution in [-0.4, -0.2) is 36.6 Å². The van der Waals surface area contributed by atoms with Crippen LogP contribution in [0.4, 0.5) is 11.4 Å². The molecule has 2 N–H and O–H groups in total. The lowest BCUT2D eigenvalue weighted by molar-refractivity contribution is 0.128. The summed E-state index contributed by atoms with van der Waals surface area (Å²) in [5, 5.41) is 0. The van der Waals surface area contributed by atoms with Crippen LogP contribution < -0.4 is 10.6 Å². The van der Waals surface area contributed by atoms with E-state index in [-0.39, 0.29) is 5.54 Å². The third-order valence-corrected chi connectivity index (χ3v) is 3.68. The zero-order valence-electron chi connectivity index (χ0n) is 12.0. The van der Waals surface area contributed by atoms with Gasteiger partial charge in [-0.3, -0.25) is 4.90 Å². The summed E-state index contributed by atoms with van der Waals surface area (Å²) >= 11 is 0. The van der Waals surface area contributed by atoms with Crippen molar-refractivity contribution < 1.29 is 0 Å². The molecule has 100 valence electrons. The van der Waals surface area contributed by atoms with Crippen molar-refractivity contribution in [1.29, 1.82) is 0 Å². The molecule has 1 heterocycles. The quantitative estimate of drug-likeness (QED) is 0.774. The molecule has 0 radical (unpaired) electrons. The van der Waals surface area contributed by atoms with E-state index in [0.717, 1.165) is 31.9 Å². The van der Waals surface area contributed by atoms with E-state index in [1.54, 1.807) is 0 Å². The molecule has 1 aliphatic rings. The minimum Gasteiger partial charge on any atom is -0.399 e. The first-order valence-corrected chi connectivity index (χ1v) is 6.73. The lowest BCUT2D eigenvalue weighted by Gasteiger charge is -2.43. The number of nitrogen functional groups attached to an aromatic ring is 1. The SMILES string of the molecule is Cc1cc(N)cc(N2CCN(C(C)(C)C)CC2)c1. The first kappa shape index (κ1) is 13.2.